The lowest BCUT2D eigenvalue weighted by Gasteiger charge is -2.51. The highest BCUT2D eigenvalue weighted by atomic mass is 32.2. The SMILES string of the molecule is C[C@@H]1CC[C@@H]2[C@@H](C1)O[C@@H](c1ccc3ccccc3c1)C[C@]2(C)Sc1nc2ccccc2s1. The Labute approximate surface area is 198 Å². The van der Waals surface area contributed by atoms with Crippen molar-refractivity contribution < 1.29 is 4.74 Å². The van der Waals surface area contributed by atoms with Crippen LogP contribution < -0.4 is 0 Å². The number of aromatic nitrogens is 1. The Morgan fingerprint density at radius 2 is 1.81 bits per heavy atom. The van der Waals surface area contributed by atoms with E-state index in [1.165, 1.54) is 44.6 Å². The molecule has 1 aliphatic heterocycles. The molecule has 1 saturated carbocycles. The van der Waals surface area contributed by atoms with Crippen molar-refractivity contribution >= 4 is 44.1 Å². The van der Waals surface area contributed by atoms with Crippen molar-refractivity contribution in [2.75, 3.05) is 0 Å². The molecule has 3 aromatic carbocycles. The third-order valence-corrected chi connectivity index (χ3v) is 10.0. The number of rotatable bonds is 3. The fraction of sp³-hybridized carbons (Fsp3) is 0.393. The summed E-state index contributed by atoms with van der Waals surface area (Å²) in [5.41, 5.74) is 2.44. The van der Waals surface area contributed by atoms with Crippen molar-refractivity contribution in [2.24, 2.45) is 11.8 Å². The lowest BCUT2D eigenvalue weighted by atomic mass is 9.70. The number of thiazole rings is 1. The topological polar surface area (TPSA) is 22.1 Å². The standard InChI is InChI=1S/C28H29NOS2/c1-18-11-14-22-24(15-18)30-25(21-13-12-19-7-3-4-8-20(19)16-21)17-28(22,2)32-27-29-23-9-5-6-10-26(23)31-27/h3-10,12-13,16,18,22,24-25H,11,14-15,17H2,1-2H3/t18-,22-,24-,25-,28+/m1/s1. The van der Waals surface area contributed by atoms with Gasteiger partial charge < -0.3 is 4.74 Å². The molecule has 0 bridgehead atoms. The number of hydrogen-bond acceptors (Lipinski definition) is 4. The van der Waals surface area contributed by atoms with E-state index in [2.05, 4.69) is 80.6 Å². The zero-order valence-corrected chi connectivity index (χ0v) is 20.3. The van der Waals surface area contributed by atoms with Gasteiger partial charge in [0, 0.05) is 10.7 Å². The third-order valence-electron chi connectivity index (χ3n) is 7.51. The van der Waals surface area contributed by atoms with E-state index in [1.807, 2.05) is 23.1 Å². The summed E-state index contributed by atoms with van der Waals surface area (Å²) >= 11 is 3.85. The first-order valence-corrected chi connectivity index (χ1v) is 13.4. The van der Waals surface area contributed by atoms with Gasteiger partial charge in [0.15, 0.2) is 4.34 Å². The summed E-state index contributed by atoms with van der Waals surface area (Å²) in [4.78, 5) is 4.98. The van der Waals surface area contributed by atoms with Crippen LogP contribution in [-0.2, 0) is 4.74 Å². The zero-order valence-electron chi connectivity index (χ0n) is 18.7. The van der Waals surface area contributed by atoms with Gasteiger partial charge >= 0.3 is 0 Å². The molecule has 0 radical (unpaired) electrons. The highest BCUT2D eigenvalue weighted by Gasteiger charge is 2.49. The molecule has 1 aliphatic carbocycles. The number of ether oxygens (including phenoxy) is 1. The van der Waals surface area contributed by atoms with E-state index < -0.39 is 0 Å². The van der Waals surface area contributed by atoms with E-state index in [4.69, 9.17) is 9.72 Å². The number of fused-ring (bicyclic) bond motifs is 3. The van der Waals surface area contributed by atoms with Crippen LogP contribution in [0.25, 0.3) is 21.0 Å². The summed E-state index contributed by atoms with van der Waals surface area (Å²) in [6.07, 6.45) is 5.23. The summed E-state index contributed by atoms with van der Waals surface area (Å²) in [6, 6.07) is 24.0. The maximum Gasteiger partial charge on any atom is 0.151 e. The molecule has 2 heterocycles. The van der Waals surface area contributed by atoms with Crippen LogP contribution in [0.1, 0.15) is 51.2 Å². The molecule has 2 aliphatic rings. The second-order valence-corrected chi connectivity index (χ2v) is 12.7. The van der Waals surface area contributed by atoms with Crippen LogP contribution in [0, 0.1) is 11.8 Å². The van der Waals surface area contributed by atoms with Gasteiger partial charge in [0.25, 0.3) is 0 Å². The second kappa shape index (κ2) is 8.16. The van der Waals surface area contributed by atoms with Gasteiger partial charge in [-0.05, 0) is 66.6 Å². The Morgan fingerprint density at radius 1 is 1.00 bits per heavy atom. The largest absolute Gasteiger partial charge is 0.370 e. The van der Waals surface area contributed by atoms with E-state index in [0.29, 0.717) is 12.0 Å². The summed E-state index contributed by atoms with van der Waals surface area (Å²) < 4.78 is 9.46. The van der Waals surface area contributed by atoms with Crippen LogP contribution in [0.2, 0.25) is 0 Å². The minimum Gasteiger partial charge on any atom is -0.370 e. The Kier molecular flexibility index (Phi) is 5.28. The van der Waals surface area contributed by atoms with Gasteiger partial charge in [-0.1, -0.05) is 73.6 Å². The van der Waals surface area contributed by atoms with Gasteiger partial charge in [-0.3, -0.25) is 0 Å². The molecular weight excluding hydrogens is 430 g/mol. The summed E-state index contributed by atoms with van der Waals surface area (Å²) in [5.74, 6) is 1.32. The Hall–Kier alpha value is -1.88. The minimum absolute atomic E-state index is 0.118. The van der Waals surface area contributed by atoms with Gasteiger partial charge in [-0.2, -0.15) is 0 Å². The lowest BCUT2D eigenvalue weighted by Crippen LogP contribution is -2.49. The second-order valence-electron chi connectivity index (χ2n) is 9.86. The molecule has 4 aromatic rings. The first-order valence-electron chi connectivity index (χ1n) is 11.8. The maximum absolute atomic E-state index is 6.86. The summed E-state index contributed by atoms with van der Waals surface area (Å²) in [6.45, 7) is 4.87. The van der Waals surface area contributed by atoms with Crippen molar-refractivity contribution in [1.29, 1.82) is 0 Å². The lowest BCUT2D eigenvalue weighted by molar-refractivity contribution is -0.122. The van der Waals surface area contributed by atoms with Gasteiger partial charge in [0.1, 0.15) is 0 Å². The van der Waals surface area contributed by atoms with Crippen LogP contribution in [0.4, 0.5) is 0 Å². The molecule has 164 valence electrons. The van der Waals surface area contributed by atoms with Gasteiger partial charge in [-0.25, -0.2) is 4.98 Å². The van der Waals surface area contributed by atoms with Crippen LogP contribution in [-0.4, -0.2) is 15.8 Å². The van der Waals surface area contributed by atoms with Crippen molar-refractivity contribution in [2.45, 2.75) is 60.8 Å². The first kappa shape index (κ1) is 20.7. The fourth-order valence-electron chi connectivity index (χ4n) is 5.77. The molecule has 0 N–H and O–H groups in total. The molecule has 5 atom stereocenters. The first-order chi connectivity index (χ1) is 15.6. The minimum atomic E-state index is 0.118. The Balaban J connectivity index is 1.36. The van der Waals surface area contributed by atoms with Gasteiger partial charge in [0.2, 0.25) is 0 Å². The number of para-hydroxylation sites is 1. The van der Waals surface area contributed by atoms with Crippen LogP contribution in [0.5, 0.6) is 0 Å². The fourth-order valence-corrected chi connectivity index (χ4v) is 8.67. The molecule has 1 saturated heterocycles. The average molecular weight is 460 g/mol. The summed E-state index contributed by atoms with van der Waals surface area (Å²) in [5, 5.41) is 2.59. The molecule has 0 amide bonds. The Bertz CT molecular complexity index is 1230. The number of thioether (sulfide) groups is 1. The molecule has 32 heavy (non-hydrogen) atoms. The smallest absolute Gasteiger partial charge is 0.151 e. The maximum atomic E-state index is 6.86. The molecule has 0 unspecified atom stereocenters. The van der Waals surface area contributed by atoms with E-state index in [-0.39, 0.29) is 10.9 Å². The Morgan fingerprint density at radius 3 is 2.69 bits per heavy atom. The zero-order chi connectivity index (χ0) is 21.7. The van der Waals surface area contributed by atoms with E-state index in [9.17, 15) is 0 Å². The molecular formula is C28H29NOS2. The number of hydrogen-bond donors (Lipinski definition) is 0. The van der Waals surface area contributed by atoms with Gasteiger partial charge in [0.05, 0.1) is 22.4 Å². The molecule has 2 fully saturated rings. The van der Waals surface area contributed by atoms with E-state index in [1.54, 1.807) is 0 Å². The molecule has 0 spiro atoms. The monoisotopic (exact) mass is 459 g/mol. The van der Waals surface area contributed by atoms with E-state index >= 15 is 0 Å². The van der Waals surface area contributed by atoms with Crippen LogP contribution >= 0.6 is 23.1 Å². The number of nitrogens with zero attached hydrogens (tertiary/aromatic N) is 1. The molecule has 1 aromatic heterocycles. The quantitative estimate of drug-likeness (QED) is 0.308. The van der Waals surface area contributed by atoms with Crippen molar-refractivity contribution in [3.05, 3.63) is 72.3 Å². The summed E-state index contributed by atoms with van der Waals surface area (Å²) in [7, 11) is 0. The highest BCUT2D eigenvalue weighted by Crippen LogP contribution is 2.56. The number of benzene rings is 3. The van der Waals surface area contributed by atoms with Crippen molar-refractivity contribution in [3.63, 3.8) is 0 Å². The van der Waals surface area contributed by atoms with Crippen LogP contribution in [0.3, 0.4) is 0 Å². The van der Waals surface area contributed by atoms with Crippen molar-refractivity contribution in [1.82, 2.24) is 4.98 Å². The normalized spacial score (nSPS) is 30.4. The molecule has 4 heteroatoms. The van der Waals surface area contributed by atoms with Gasteiger partial charge in [-0.15, -0.1) is 11.3 Å². The average Bonchev–Trinajstić information content (AvgIpc) is 3.20. The highest BCUT2D eigenvalue weighted by molar-refractivity contribution is 8.02. The predicted octanol–water partition coefficient (Wildman–Crippen LogP) is 8.27. The molecule has 6 rings (SSSR count). The van der Waals surface area contributed by atoms with Crippen molar-refractivity contribution in [3.8, 4) is 0 Å². The van der Waals surface area contributed by atoms with E-state index in [0.717, 1.165) is 17.9 Å². The predicted molar refractivity (Wildman–Crippen MR) is 137 cm³/mol. The third kappa shape index (κ3) is 3.76. The van der Waals surface area contributed by atoms with Crippen LogP contribution in [0.15, 0.2) is 71.1 Å². The molecule has 2 nitrogen and oxygen atoms in total.